The first-order chi connectivity index (χ1) is 28.5. The molecule has 0 amide bonds. The van der Waals surface area contributed by atoms with Crippen molar-refractivity contribution >= 4 is 67.1 Å². The summed E-state index contributed by atoms with van der Waals surface area (Å²) in [4.78, 5) is 2.50. The van der Waals surface area contributed by atoms with Crippen molar-refractivity contribution < 1.29 is 4.74 Å². The van der Waals surface area contributed by atoms with Crippen molar-refractivity contribution in [1.82, 2.24) is 0 Å². The molecule has 0 aliphatic carbocycles. The Morgan fingerprint density at radius 1 is 0.603 bits per heavy atom. The highest BCUT2D eigenvalue weighted by Gasteiger charge is 2.18. The summed E-state index contributed by atoms with van der Waals surface area (Å²) in [7, 11) is 0. The normalized spacial score (nSPS) is 13.0. The maximum Gasteiger partial charge on any atom is 0.127 e. The van der Waals surface area contributed by atoms with Gasteiger partial charge in [0, 0.05) is 45.9 Å². The van der Waals surface area contributed by atoms with Gasteiger partial charge in [-0.2, -0.15) is 10.2 Å². The Balaban J connectivity index is 0.990. The molecule has 8 rings (SSSR count). The van der Waals surface area contributed by atoms with Crippen LogP contribution in [-0.4, -0.2) is 13.1 Å². The van der Waals surface area contributed by atoms with Crippen molar-refractivity contribution in [3.05, 3.63) is 162 Å². The van der Waals surface area contributed by atoms with Gasteiger partial charge in [0.2, 0.25) is 0 Å². The van der Waals surface area contributed by atoms with Gasteiger partial charge in [-0.25, -0.2) is 0 Å². The minimum atomic E-state index is 0.576. The molecule has 0 atom stereocenters. The van der Waals surface area contributed by atoms with Gasteiger partial charge in [0.15, 0.2) is 0 Å². The Morgan fingerprint density at radius 2 is 1.14 bits per heavy atom. The van der Waals surface area contributed by atoms with E-state index in [2.05, 4.69) is 78.9 Å². The maximum absolute atomic E-state index is 6.01. The molecule has 0 unspecified atom stereocenters. The predicted octanol–water partition coefficient (Wildman–Crippen LogP) is 15.7. The van der Waals surface area contributed by atoms with Crippen molar-refractivity contribution in [2.75, 3.05) is 18.0 Å². The second-order valence-corrected chi connectivity index (χ2v) is 14.7. The van der Waals surface area contributed by atoms with Crippen molar-refractivity contribution in [2.45, 2.75) is 52.9 Å². The van der Waals surface area contributed by atoms with Gasteiger partial charge in [0.1, 0.15) is 11.5 Å². The molecule has 0 N–H and O–H groups in total. The minimum Gasteiger partial charge on any atom is -0.457 e. The van der Waals surface area contributed by atoms with Crippen LogP contribution in [0.15, 0.2) is 171 Å². The summed E-state index contributed by atoms with van der Waals surface area (Å²) in [6.07, 6.45) is 5.54. The summed E-state index contributed by atoms with van der Waals surface area (Å²) in [5.41, 5.74) is 10.7. The summed E-state index contributed by atoms with van der Waals surface area (Å²) in [6, 6.07) is 44.4. The molecule has 58 heavy (non-hydrogen) atoms. The molecular formula is C50H47N7O. The quantitative estimate of drug-likeness (QED) is 0.0865. The zero-order valence-electron chi connectivity index (χ0n) is 33.4. The fourth-order valence-corrected chi connectivity index (χ4v) is 7.55. The van der Waals surface area contributed by atoms with Crippen molar-refractivity contribution in [1.29, 1.82) is 0 Å². The standard InChI is InChI=1S/C50H47N7O/c1-5-12-36-18-24-40(25-19-36)58-35(4)37-20-22-39(23-21-37)51-52-45-26-27-46(42-15-8-7-14-41(42)45)53-54-47-28-29-48(44-17-10-9-16-43(44)47)55-56-49-33-38-13-11-31-57(30-6-2)50(38)32-34(49)3/h7-10,14-29,32-33H,4-6,11-13,30-31H2,1-3H3. The Hall–Kier alpha value is -6.80. The monoisotopic (exact) mass is 761 g/mol. The summed E-state index contributed by atoms with van der Waals surface area (Å²) in [5.74, 6) is 1.34. The third-order valence-corrected chi connectivity index (χ3v) is 10.6. The van der Waals surface area contributed by atoms with Crippen LogP contribution < -0.4 is 9.64 Å². The van der Waals surface area contributed by atoms with Crippen LogP contribution in [-0.2, 0) is 12.8 Å². The molecule has 7 aromatic rings. The molecule has 7 aromatic carbocycles. The second-order valence-electron chi connectivity index (χ2n) is 14.7. The number of aryl methyl sites for hydroxylation is 3. The van der Waals surface area contributed by atoms with Crippen LogP contribution in [0.4, 0.5) is 39.8 Å². The average Bonchev–Trinajstić information content (AvgIpc) is 3.26. The van der Waals surface area contributed by atoms with Crippen molar-refractivity contribution in [3.63, 3.8) is 0 Å². The number of rotatable bonds is 13. The van der Waals surface area contributed by atoms with Crippen LogP contribution in [0.3, 0.4) is 0 Å². The first-order valence-electron chi connectivity index (χ1n) is 20.2. The molecule has 0 fully saturated rings. The summed E-state index contributed by atoms with van der Waals surface area (Å²) in [5, 5.41) is 32.0. The topological polar surface area (TPSA) is 86.6 Å². The van der Waals surface area contributed by atoms with Crippen LogP contribution in [0.25, 0.3) is 27.3 Å². The lowest BCUT2D eigenvalue weighted by Gasteiger charge is -2.31. The number of fused-ring (bicyclic) bond motifs is 3. The molecule has 0 spiro atoms. The zero-order chi connectivity index (χ0) is 39.8. The molecule has 8 heteroatoms. The Bertz CT molecular complexity index is 2680. The highest BCUT2D eigenvalue weighted by atomic mass is 16.5. The van der Waals surface area contributed by atoms with Crippen molar-refractivity contribution in [3.8, 4) is 5.75 Å². The van der Waals surface area contributed by atoms with Gasteiger partial charge in [0.05, 0.1) is 34.1 Å². The largest absolute Gasteiger partial charge is 0.457 e. The first kappa shape index (κ1) is 38.1. The van der Waals surface area contributed by atoms with E-state index in [1.54, 1.807) is 0 Å². The van der Waals surface area contributed by atoms with E-state index in [-0.39, 0.29) is 0 Å². The number of hydrogen-bond donors (Lipinski definition) is 0. The van der Waals surface area contributed by atoms with E-state index in [9.17, 15) is 0 Å². The molecule has 0 saturated carbocycles. The van der Waals surface area contributed by atoms with Crippen LogP contribution >= 0.6 is 0 Å². The van der Waals surface area contributed by atoms with E-state index in [0.717, 1.165) is 118 Å². The van der Waals surface area contributed by atoms with Crippen LogP contribution in [0.1, 0.15) is 55.4 Å². The summed E-state index contributed by atoms with van der Waals surface area (Å²) >= 11 is 0. The zero-order valence-corrected chi connectivity index (χ0v) is 33.4. The third-order valence-electron chi connectivity index (χ3n) is 10.6. The molecule has 1 heterocycles. The fraction of sp³-hybridized carbons (Fsp3) is 0.200. The lowest BCUT2D eigenvalue weighted by atomic mass is 9.98. The van der Waals surface area contributed by atoms with Gasteiger partial charge in [0.25, 0.3) is 0 Å². The summed E-state index contributed by atoms with van der Waals surface area (Å²) in [6.45, 7) is 12.9. The molecule has 1 aliphatic rings. The average molecular weight is 762 g/mol. The lowest BCUT2D eigenvalue weighted by molar-refractivity contribution is 0.516. The van der Waals surface area contributed by atoms with Crippen LogP contribution in [0.2, 0.25) is 0 Å². The lowest BCUT2D eigenvalue weighted by Crippen LogP contribution is -2.30. The molecule has 0 bridgehead atoms. The third kappa shape index (κ3) is 8.47. The predicted molar refractivity (Wildman–Crippen MR) is 239 cm³/mol. The number of nitrogens with zero attached hydrogens (tertiary/aromatic N) is 7. The van der Waals surface area contributed by atoms with E-state index < -0.39 is 0 Å². The van der Waals surface area contributed by atoms with E-state index in [4.69, 9.17) is 25.2 Å². The van der Waals surface area contributed by atoms with Gasteiger partial charge in [-0.15, -0.1) is 20.5 Å². The van der Waals surface area contributed by atoms with E-state index in [0.29, 0.717) is 5.76 Å². The number of ether oxygens (including phenoxy) is 1. The SMILES string of the molecule is C=C(Oc1ccc(CCC)cc1)c1ccc(N=Nc2ccc(N=Nc3ccc(N=Nc4cc5c(cc4C)N(CCC)CCC5)c4ccccc34)c3ccccc23)cc1. The van der Waals surface area contributed by atoms with E-state index in [1.165, 1.54) is 16.8 Å². The van der Waals surface area contributed by atoms with Gasteiger partial charge in [-0.1, -0.05) is 87.5 Å². The van der Waals surface area contributed by atoms with E-state index >= 15 is 0 Å². The molecule has 8 nitrogen and oxygen atoms in total. The van der Waals surface area contributed by atoms with Gasteiger partial charge < -0.3 is 9.64 Å². The highest BCUT2D eigenvalue weighted by molar-refractivity contribution is 6.01. The van der Waals surface area contributed by atoms with Gasteiger partial charge in [-0.05, 0) is 122 Å². The Kier molecular flexibility index (Phi) is 11.5. The van der Waals surface area contributed by atoms with Crippen LogP contribution in [0.5, 0.6) is 5.75 Å². The first-order valence-corrected chi connectivity index (χ1v) is 20.2. The molecule has 0 radical (unpaired) electrons. The number of anilines is 1. The second kappa shape index (κ2) is 17.6. The molecule has 288 valence electrons. The summed E-state index contributed by atoms with van der Waals surface area (Å²) < 4.78 is 6.01. The number of benzene rings is 7. The van der Waals surface area contributed by atoms with Crippen LogP contribution in [0, 0.1) is 6.92 Å². The van der Waals surface area contributed by atoms with Gasteiger partial charge in [-0.3, -0.25) is 0 Å². The minimum absolute atomic E-state index is 0.576. The van der Waals surface area contributed by atoms with Crippen molar-refractivity contribution in [2.24, 2.45) is 30.7 Å². The highest BCUT2D eigenvalue weighted by Crippen LogP contribution is 2.39. The number of azo groups is 3. The molecule has 1 aliphatic heterocycles. The Morgan fingerprint density at radius 3 is 1.67 bits per heavy atom. The fourth-order valence-electron chi connectivity index (χ4n) is 7.55. The number of hydrogen-bond acceptors (Lipinski definition) is 8. The van der Waals surface area contributed by atoms with E-state index in [1.807, 2.05) is 97.1 Å². The molecule has 0 aromatic heterocycles. The molecular weight excluding hydrogens is 715 g/mol. The smallest absolute Gasteiger partial charge is 0.127 e. The molecule has 0 saturated heterocycles. The maximum atomic E-state index is 6.01. The Labute approximate surface area is 340 Å². The van der Waals surface area contributed by atoms with Gasteiger partial charge >= 0.3 is 0 Å².